The molecule has 1 aromatic heterocycles. The highest BCUT2D eigenvalue weighted by atomic mass is 32.2. The van der Waals surface area contributed by atoms with Gasteiger partial charge in [-0.3, -0.25) is 0 Å². The summed E-state index contributed by atoms with van der Waals surface area (Å²) in [6.45, 7) is 0.0653. The number of benzene rings is 1. The van der Waals surface area contributed by atoms with Crippen molar-refractivity contribution in [1.29, 1.82) is 0 Å². The highest BCUT2D eigenvalue weighted by Gasteiger charge is 2.08. The molecule has 0 bridgehead atoms. The van der Waals surface area contributed by atoms with E-state index in [0.29, 0.717) is 29.0 Å². The van der Waals surface area contributed by atoms with Crippen LogP contribution < -0.4 is 16.0 Å². The number of nitrogens with one attached hydrogen (secondary N) is 1. The maximum atomic E-state index is 9.06. The van der Waals surface area contributed by atoms with Crippen molar-refractivity contribution in [2.24, 2.45) is 5.84 Å². The first-order valence-electron chi connectivity index (χ1n) is 6.03. The number of aromatic nitrogens is 2. The van der Waals surface area contributed by atoms with Crippen LogP contribution in [0.3, 0.4) is 0 Å². The maximum Gasteiger partial charge on any atom is 0.225 e. The van der Waals surface area contributed by atoms with Crippen LogP contribution in [0.15, 0.2) is 35.5 Å². The highest BCUT2D eigenvalue weighted by molar-refractivity contribution is 7.98. The van der Waals surface area contributed by atoms with Gasteiger partial charge < -0.3 is 15.3 Å². The first kappa shape index (κ1) is 14.6. The summed E-state index contributed by atoms with van der Waals surface area (Å²) in [5, 5.41) is 9.63. The van der Waals surface area contributed by atoms with Crippen molar-refractivity contribution in [3.63, 3.8) is 0 Å². The number of thioether (sulfide) groups is 1. The van der Waals surface area contributed by atoms with Gasteiger partial charge in [-0.1, -0.05) is 30.0 Å². The molecule has 0 saturated carbocycles. The number of aliphatic hydroxyl groups excluding tert-OH is 1. The Kier molecular flexibility index (Phi) is 5.16. The van der Waals surface area contributed by atoms with E-state index in [-0.39, 0.29) is 6.61 Å². The normalized spacial score (nSPS) is 10.3. The molecule has 0 saturated heterocycles. The van der Waals surface area contributed by atoms with E-state index in [2.05, 4.69) is 15.4 Å². The van der Waals surface area contributed by atoms with Crippen molar-refractivity contribution in [1.82, 2.24) is 9.97 Å². The van der Waals surface area contributed by atoms with E-state index < -0.39 is 0 Å². The Labute approximate surface area is 121 Å². The average molecular weight is 292 g/mol. The molecular formula is C13H16N4O2S. The zero-order valence-electron chi connectivity index (χ0n) is 11.0. The molecule has 20 heavy (non-hydrogen) atoms. The zero-order chi connectivity index (χ0) is 14.4. The molecule has 6 nitrogen and oxygen atoms in total. The lowest BCUT2D eigenvalue weighted by Gasteiger charge is -2.11. The van der Waals surface area contributed by atoms with E-state index in [1.54, 1.807) is 6.07 Å². The first-order chi connectivity index (χ1) is 9.76. The lowest BCUT2D eigenvalue weighted by atomic mass is 10.1. The standard InChI is InChI=1S/C13H16N4O2S/c1-20-13-15-11(17-14)8-12(16-13)19-10-5-3-2-4-9(10)6-7-18/h2-5,8,18H,6-7,14H2,1H3,(H,15,16,17). The summed E-state index contributed by atoms with van der Waals surface area (Å²) >= 11 is 1.40. The molecule has 7 heteroatoms. The minimum absolute atomic E-state index is 0.0653. The Morgan fingerprint density at radius 2 is 2.15 bits per heavy atom. The molecule has 4 N–H and O–H groups in total. The molecule has 106 valence electrons. The minimum Gasteiger partial charge on any atom is -0.439 e. The molecule has 0 amide bonds. The van der Waals surface area contributed by atoms with E-state index in [9.17, 15) is 0 Å². The summed E-state index contributed by atoms with van der Waals surface area (Å²) in [5.74, 6) is 6.93. The van der Waals surface area contributed by atoms with Crippen LogP contribution in [0, 0.1) is 0 Å². The van der Waals surface area contributed by atoms with E-state index in [1.165, 1.54) is 11.8 Å². The Hall–Kier alpha value is -1.83. The second-order valence-corrected chi connectivity index (χ2v) is 4.68. The van der Waals surface area contributed by atoms with E-state index in [1.807, 2.05) is 30.5 Å². The number of nitrogens with two attached hydrogens (primary N) is 1. The largest absolute Gasteiger partial charge is 0.439 e. The van der Waals surface area contributed by atoms with Crippen molar-refractivity contribution >= 4 is 17.6 Å². The molecule has 0 aliphatic carbocycles. The molecule has 0 aliphatic heterocycles. The van der Waals surface area contributed by atoms with Gasteiger partial charge in [0.25, 0.3) is 0 Å². The van der Waals surface area contributed by atoms with Crippen molar-refractivity contribution in [3.05, 3.63) is 35.9 Å². The van der Waals surface area contributed by atoms with Gasteiger partial charge in [-0.15, -0.1) is 0 Å². The summed E-state index contributed by atoms with van der Waals surface area (Å²) < 4.78 is 5.78. The first-order valence-corrected chi connectivity index (χ1v) is 7.25. The lowest BCUT2D eigenvalue weighted by Crippen LogP contribution is -2.09. The van der Waals surface area contributed by atoms with Crippen LogP contribution in [0.5, 0.6) is 11.6 Å². The molecule has 2 rings (SSSR count). The van der Waals surface area contributed by atoms with Gasteiger partial charge in [0, 0.05) is 12.7 Å². The molecule has 0 aliphatic rings. The molecule has 0 fully saturated rings. The van der Waals surface area contributed by atoms with Crippen LogP contribution >= 0.6 is 11.8 Å². The average Bonchev–Trinajstić information content (AvgIpc) is 2.49. The Morgan fingerprint density at radius 3 is 2.85 bits per heavy atom. The SMILES string of the molecule is CSc1nc(NN)cc(Oc2ccccc2CCO)n1. The van der Waals surface area contributed by atoms with Gasteiger partial charge in [-0.25, -0.2) is 10.8 Å². The van der Waals surface area contributed by atoms with Gasteiger partial charge in [0.2, 0.25) is 5.88 Å². The smallest absolute Gasteiger partial charge is 0.225 e. The quantitative estimate of drug-likeness (QED) is 0.323. The Bertz CT molecular complexity index is 558. The van der Waals surface area contributed by atoms with Gasteiger partial charge in [0.15, 0.2) is 5.16 Å². The summed E-state index contributed by atoms with van der Waals surface area (Å²) in [7, 11) is 0. The zero-order valence-corrected chi connectivity index (χ0v) is 11.9. The van der Waals surface area contributed by atoms with E-state index >= 15 is 0 Å². The summed E-state index contributed by atoms with van der Waals surface area (Å²) in [5.41, 5.74) is 3.40. The number of para-hydroxylation sites is 1. The number of nitrogen functional groups attached to an aromatic ring is 1. The van der Waals surface area contributed by atoms with Crippen LogP contribution in [0.2, 0.25) is 0 Å². The van der Waals surface area contributed by atoms with Crippen molar-refractivity contribution in [2.75, 3.05) is 18.3 Å². The third-order valence-corrected chi connectivity index (χ3v) is 3.13. The number of anilines is 1. The topological polar surface area (TPSA) is 93.3 Å². The number of hydrogen-bond acceptors (Lipinski definition) is 7. The van der Waals surface area contributed by atoms with Crippen molar-refractivity contribution in [3.8, 4) is 11.6 Å². The number of nitrogens with zero attached hydrogens (tertiary/aromatic N) is 2. The maximum absolute atomic E-state index is 9.06. The fourth-order valence-electron chi connectivity index (χ4n) is 1.66. The fraction of sp³-hybridized carbons (Fsp3) is 0.231. The Morgan fingerprint density at radius 1 is 1.35 bits per heavy atom. The van der Waals surface area contributed by atoms with Gasteiger partial charge in [0.05, 0.1) is 0 Å². The third-order valence-electron chi connectivity index (χ3n) is 2.58. The molecule has 0 atom stereocenters. The molecule has 0 spiro atoms. The number of hydrogen-bond donors (Lipinski definition) is 3. The fourth-order valence-corrected chi connectivity index (χ4v) is 2.04. The van der Waals surface area contributed by atoms with Gasteiger partial charge in [0.1, 0.15) is 11.6 Å². The molecule has 1 aromatic carbocycles. The number of aliphatic hydroxyl groups is 1. The number of ether oxygens (including phenoxy) is 1. The van der Waals surface area contributed by atoms with E-state index in [0.717, 1.165) is 5.56 Å². The summed E-state index contributed by atoms with van der Waals surface area (Å²) in [6.07, 6.45) is 2.40. The van der Waals surface area contributed by atoms with Crippen molar-refractivity contribution < 1.29 is 9.84 Å². The molecule has 2 aromatic rings. The van der Waals surface area contributed by atoms with Crippen molar-refractivity contribution in [2.45, 2.75) is 11.6 Å². The molecule has 0 radical (unpaired) electrons. The van der Waals surface area contributed by atoms with Gasteiger partial charge in [-0.05, 0) is 24.3 Å². The third kappa shape index (κ3) is 3.60. The summed E-state index contributed by atoms with van der Waals surface area (Å²) in [4.78, 5) is 8.43. The summed E-state index contributed by atoms with van der Waals surface area (Å²) in [6, 6.07) is 9.13. The number of hydrazine groups is 1. The molecule has 1 heterocycles. The van der Waals surface area contributed by atoms with Crippen LogP contribution in [0.1, 0.15) is 5.56 Å². The van der Waals surface area contributed by atoms with Crippen LogP contribution in [-0.2, 0) is 6.42 Å². The predicted molar refractivity (Wildman–Crippen MR) is 78.9 cm³/mol. The number of rotatable bonds is 6. The minimum atomic E-state index is 0.0653. The van der Waals surface area contributed by atoms with Crippen LogP contribution in [-0.4, -0.2) is 27.9 Å². The second-order valence-electron chi connectivity index (χ2n) is 3.91. The second kappa shape index (κ2) is 7.09. The molecule has 0 unspecified atom stereocenters. The van der Waals surface area contributed by atoms with Crippen LogP contribution in [0.25, 0.3) is 0 Å². The van der Waals surface area contributed by atoms with Gasteiger partial charge in [-0.2, -0.15) is 4.98 Å². The van der Waals surface area contributed by atoms with E-state index in [4.69, 9.17) is 15.7 Å². The van der Waals surface area contributed by atoms with Gasteiger partial charge >= 0.3 is 0 Å². The molecular weight excluding hydrogens is 276 g/mol. The predicted octanol–water partition coefficient (Wildman–Crippen LogP) is 1.81. The van der Waals surface area contributed by atoms with Crippen LogP contribution in [0.4, 0.5) is 5.82 Å². The lowest BCUT2D eigenvalue weighted by molar-refractivity contribution is 0.297. The highest BCUT2D eigenvalue weighted by Crippen LogP contribution is 2.26. The Balaban J connectivity index is 2.29. The monoisotopic (exact) mass is 292 g/mol.